The number of ketones is 1. The van der Waals surface area contributed by atoms with Crippen LogP contribution in [0.4, 0.5) is 0 Å². The van der Waals surface area contributed by atoms with Crippen molar-refractivity contribution in [3.63, 3.8) is 0 Å². The average Bonchev–Trinajstić information content (AvgIpc) is 3.22. The van der Waals surface area contributed by atoms with Gasteiger partial charge in [-0.05, 0) is 35.9 Å². The summed E-state index contributed by atoms with van der Waals surface area (Å²) in [7, 11) is 1.59. The van der Waals surface area contributed by atoms with Crippen molar-refractivity contribution in [2.75, 3.05) is 7.11 Å². The molecule has 0 bridgehead atoms. The van der Waals surface area contributed by atoms with E-state index in [0.29, 0.717) is 16.9 Å². The average molecular weight is 303 g/mol. The summed E-state index contributed by atoms with van der Waals surface area (Å²) < 4.78 is 10.5. The van der Waals surface area contributed by atoms with Gasteiger partial charge in [-0.25, -0.2) is 0 Å². The summed E-state index contributed by atoms with van der Waals surface area (Å²) in [4.78, 5) is 17.1. The van der Waals surface area contributed by atoms with Crippen LogP contribution in [-0.4, -0.2) is 17.9 Å². The molecule has 2 heterocycles. The molecule has 0 amide bonds. The molecule has 112 valence electrons. The Morgan fingerprint density at radius 2 is 1.96 bits per heavy atom. The maximum atomic E-state index is 13.0. The Kier molecular flexibility index (Phi) is 3.08. The SMILES string of the molecule is COc1ccc2c(c1)C(=O)C(c1cccnc1)=C2c1ccoc1. The van der Waals surface area contributed by atoms with Gasteiger partial charge in [0.2, 0.25) is 0 Å². The Morgan fingerprint density at radius 1 is 1.04 bits per heavy atom. The Hall–Kier alpha value is -3.14. The molecule has 0 saturated carbocycles. The highest BCUT2D eigenvalue weighted by atomic mass is 16.5. The summed E-state index contributed by atoms with van der Waals surface area (Å²) in [6.07, 6.45) is 6.65. The summed E-state index contributed by atoms with van der Waals surface area (Å²) in [5, 5.41) is 0. The number of nitrogens with zero attached hydrogens (tertiary/aromatic N) is 1. The highest BCUT2D eigenvalue weighted by Crippen LogP contribution is 2.43. The second-order valence-electron chi connectivity index (χ2n) is 5.24. The quantitative estimate of drug-likeness (QED) is 0.737. The topological polar surface area (TPSA) is 52.3 Å². The fourth-order valence-electron chi connectivity index (χ4n) is 2.93. The molecule has 1 aliphatic rings. The van der Waals surface area contributed by atoms with Gasteiger partial charge >= 0.3 is 0 Å². The number of Topliss-reactive ketones (excluding diaryl/α,β-unsaturated/α-hetero) is 1. The number of rotatable bonds is 3. The van der Waals surface area contributed by atoms with Gasteiger partial charge in [-0.1, -0.05) is 6.07 Å². The summed E-state index contributed by atoms with van der Waals surface area (Å²) in [5.41, 5.74) is 4.71. The lowest BCUT2D eigenvalue weighted by molar-refractivity contribution is 0.105. The summed E-state index contributed by atoms with van der Waals surface area (Å²) >= 11 is 0. The van der Waals surface area contributed by atoms with Crippen LogP contribution in [0.3, 0.4) is 0 Å². The highest BCUT2D eigenvalue weighted by Gasteiger charge is 2.32. The van der Waals surface area contributed by atoms with E-state index in [4.69, 9.17) is 9.15 Å². The third-order valence-electron chi connectivity index (χ3n) is 3.98. The zero-order chi connectivity index (χ0) is 15.8. The van der Waals surface area contributed by atoms with Crippen molar-refractivity contribution in [1.82, 2.24) is 4.98 Å². The van der Waals surface area contributed by atoms with E-state index in [1.807, 2.05) is 30.3 Å². The van der Waals surface area contributed by atoms with Gasteiger partial charge in [0.1, 0.15) is 5.75 Å². The monoisotopic (exact) mass is 303 g/mol. The minimum absolute atomic E-state index is 0.0249. The van der Waals surface area contributed by atoms with Crippen molar-refractivity contribution >= 4 is 16.9 Å². The molecular weight excluding hydrogens is 290 g/mol. The number of carbonyl (C=O) groups excluding carboxylic acids is 1. The van der Waals surface area contributed by atoms with E-state index in [-0.39, 0.29) is 5.78 Å². The predicted molar refractivity (Wildman–Crippen MR) is 86.2 cm³/mol. The number of hydrogen-bond acceptors (Lipinski definition) is 4. The maximum Gasteiger partial charge on any atom is 0.195 e. The number of ether oxygens (including phenoxy) is 1. The van der Waals surface area contributed by atoms with E-state index in [9.17, 15) is 4.79 Å². The van der Waals surface area contributed by atoms with E-state index in [0.717, 1.165) is 22.3 Å². The molecule has 0 aliphatic heterocycles. The normalized spacial score (nSPS) is 13.3. The standard InChI is InChI=1S/C19H13NO3/c1-22-14-4-5-15-16(9-14)19(21)18(12-3-2-7-20-10-12)17(15)13-6-8-23-11-13/h2-11H,1H3. The first kappa shape index (κ1) is 13.5. The highest BCUT2D eigenvalue weighted by molar-refractivity contribution is 6.41. The van der Waals surface area contributed by atoms with Crippen LogP contribution in [0.25, 0.3) is 11.1 Å². The van der Waals surface area contributed by atoms with Crippen LogP contribution >= 0.6 is 0 Å². The van der Waals surface area contributed by atoms with Crippen molar-refractivity contribution in [1.29, 1.82) is 0 Å². The molecule has 0 saturated heterocycles. The lowest BCUT2D eigenvalue weighted by atomic mass is 9.97. The second-order valence-corrected chi connectivity index (χ2v) is 5.24. The maximum absolute atomic E-state index is 13.0. The van der Waals surface area contributed by atoms with Crippen LogP contribution in [0.5, 0.6) is 5.75 Å². The van der Waals surface area contributed by atoms with Crippen LogP contribution < -0.4 is 4.74 Å². The summed E-state index contributed by atoms with van der Waals surface area (Å²) in [6.45, 7) is 0. The molecule has 1 aliphatic carbocycles. The molecule has 0 N–H and O–H groups in total. The molecule has 1 aromatic carbocycles. The minimum atomic E-state index is -0.0249. The fourth-order valence-corrected chi connectivity index (χ4v) is 2.93. The summed E-state index contributed by atoms with van der Waals surface area (Å²) in [6, 6.07) is 11.1. The molecule has 0 fully saturated rings. The lowest BCUT2D eigenvalue weighted by Gasteiger charge is -2.06. The van der Waals surface area contributed by atoms with Crippen molar-refractivity contribution in [3.8, 4) is 5.75 Å². The first-order chi connectivity index (χ1) is 11.3. The molecule has 23 heavy (non-hydrogen) atoms. The number of carbonyl (C=O) groups is 1. The van der Waals surface area contributed by atoms with Crippen molar-refractivity contribution in [2.45, 2.75) is 0 Å². The second kappa shape index (κ2) is 5.25. The third kappa shape index (κ3) is 2.07. The van der Waals surface area contributed by atoms with Gasteiger partial charge in [0.15, 0.2) is 5.78 Å². The number of furan rings is 1. The Balaban J connectivity index is 2.00. The van der Waals surface area contributed by atoms with Crippen LogP contribution in [0.1, 0.15) is 27.0 Å². The first-order valence-electron chi connectivity index (χ1n) is 7.20. The van der Waals surface area contributed by atoms with Gasteiger partial charge < -0.3 is 9.15 Å². The molecule has 0 radical (unpaired) electrons. The number of hydrogen-bond donors (Lipinski definition) is 0. The molecule has 4 nitrogen and oxygen atoms in total. The smallest absolute Gasteiger partial charge is 0.195 e. The Morgan fingerprint density at radius 3 is 2.65 bits per heavy atom. The number of fused-ring (bicyclic) bond motifs is 1. The van der Waals surface area contributed by atoms with Crippen molar-refractivity contribution in [3.05, 3.63) is 83.6 Å². The van der Waals surface area contributed by atoms with Crippen LogP contribution in [0.2, 0.25) is 0 Å². The number of pyridine rings is 1. The number of methoxy groups -OCH3 is 1. The minimum Gasteiger partial charge on any atom is -0.497 e. The molecule has 2 aromatic heterocycles. The lowest BCUT2D eigenvalue weighted by Crippen LogP contribution is -1.99. The van der Waals surface area contributed by atoms with E-state index in [2.05, 4.69) is 4.98 Å². The van der Waals surface area contributed by atoms with Gasteiger partial charge in [-0.3, -0.25) is 9.78 Å². The van der Waals surface area contributed by atoms with Crippen molar-refractivity contribution < 1.29 is 13.9 Å². The van der Waals surface area contributed by atoms with Crippen molar-refractivity contribution in [2.24, 2.45) is 0 Å². The summed E-state index contributed by atoms with van der Waals surface area (Å²) in [5.74, 6) is 0.638. The zero-order valence-electron chi connectivity index (χ0n) is 12.4. The van der Waals surface area contributed by atoms with E-state index in [1.165, 1.54) is 0 Å². The van der Waals surface area contributed by atoms with Gasteiger partial charge in [0, 0.05) is 40.2 Å². The molecule has 0 atom stereocenters. The van der Waals surface area contributed by atoms with E-state index in [1.54, 1.807) is 38.1 Å². The molecule has 4 heteroatoms. The largest absolute Gasteiger partial charge is 0.497 e. The molecule has 0 unspecified atom stereocenters. The third-order valence-corrected chi connectivity index (χ3v) is 3.98. The van der Waals surface area contributed by atoms with Gasteiger partial charge in [0.25, 0.3) is 0 Å². The predicted octanol–water partition coefficient (Wildman–Crippen LogP) is 3.84. The fraction of sp³-hybridized carbons (Fsp3) is 0.0526. The molecular formula is C19H13NO3. The Bertz CT molecular complexity index is 909. The molecule has 4 rings (SSSR count). The van der Waals surface area contributed by atoms with Crippen LogP contribution in [0.15, 0.2) is 65.7 Å². The molecule has 3 aromatic rings. The van der Waals surface area contributed by atoms with Gasteiger partial charge in [-0.15, -0.1) is 0 Å². The zero-order valence-corrected chi connectivity index (χ0v) is 12.4. The van der Waals surface area contributed by atoms with E-state index < -0.39 is 0 Å². The number of benzene rings is 1. The van der Waals surface area contributed by atoms with E-state index >= 15 is 0 Å². The Labute approximate surface area is 133 Å². The van der Waals surface area contributed by atoms with Crippen LogP contribution in [-0.2, 0) is 0 Å². The molecule has 0 spiro atoms. The van der Waals surface area contributed by atoms with Gasteiger partial charge in [-0.2, -0.15) is 0 Å². The van der Waals surface area contributed by atoms with Crippen LogP contribution in [0, 0.1) is 0 Å². The number of allylic oxidation sites excluding steroid dienone is 1. The first-order valence-corrected chi connectivity index (χ1v) is 7.20. The number of aromatic nitrogens is 1. The van der Waals surface area contributed by atoms with Gasteiger partial charge in [0.05, 0.1) is 19.6 Å².